The van der Waals surface area contributed by atoms with E-state index in [-0.39, 0.29) is 29.4 Å². The summed E-state index contributed by atoms with van der Waals surface area (Å²) in [6.07, 6.45) is 0. The lowest BCUT2D eigenvalue weighted by Crippen LogP contribution is -2.30. The van der Waals surface area contributed by atoms with Gasteiger partial charge < -0.3 is 5.32 Å². The van der Waals surface area contributed by atoms with Gasteiger partial charge in [0.25, 0.3) is 0 Å². The molecular weight excluding hydrogens is 329 g/mol. The van der Waals surface area contributed by atoms with Crippen LogP contribution >= 0.6 is 11.6 Å². The number of nitrogens with zero attached hydrogens (tertiary/aromatic N) is 1. The Morgan fingerprint density at radius 2 is 1.91 bits per heavy atom. The highest BCUT2D eigenvalue weighted by Crippen LogP contribution is 2.20. The second-order valence-electron chi connectivity index (χ2n) is 5.04. The van der Waals surface area contributed by atoms with Crippen LogP contribution in [-0.2, 0) is 11.3 Å². The second kappa shape index (κ2) is 7.48. The second-order valence-corrected chi connectivity index (χ2v) is 5.45. The maximum Gasteiger partial charge on any atom is 0.238 e. The van der Waals surface area contributed by atoms with Gasteiger partial charge in [-0.3, -0.25) is 9.69 Å². The first-order valence-electron chi connectivity index (χ1n) is 6.73. The lowest BCUT2D eigenvalue weighted by molar-refractivity contribution is -0.117. The molecule has 0 radical (unpaired) electrons. The molecule has 1 N–H and O–H groups in total. The molecule has 23 heavy (non-hydrogen) atoms. The van der Waals surface area contributed by atoms with E-state index < -0.39 is 23.4 Å². The van der Waals surface area contributed by atoms with Crippen LogP contribution in [0.1, 0.15) is 5.56 Å². The molecule has 0 bridgehead atoms. The molecule has 0 aliphatic heterocycles. The van der Waals surface area contributed by atoms with Crippen LogP contribution in [0.15, 0.2) is 36.4 Å². The molecule has 0 fully saturated rings. The molecule has 0 spiro atoms. The Morgan fingerprint density at radius 3 is 2.61 bits per heavy atom. The Labute approximate surface area is 136 Å². The van der Waals surface area contributed by atoms with Crippen LogP contribution < -0.4 is 5.32 Å². The fraction of sp³-hybridized carbons (Fsp3) is 0.188. The number of amides is 1. The standard InChI is InChI=1S/C16H14ClF3N2O/c1-22(8-11-12(17)3-2-4-13(11)19)9-16(23)21-15-7-10(18)5-6-14(15)20/h2-7H,8-9H2,1H3,(H,21,23). The summed E-state index contributed by atoms with van der Waals surface area (Å²) in [6, 6.07) is 7.08. The molecule has 0 heterocycles. The zero-order chi connectivity index (χ0) is 17.0. The van der Waals surface area contributed by atoms with Gasteiger partial charge in [-0.2, -0.15) is 0 Å². The molecule has 122 valence electrons. The van der Waals surface area contributed by atoms with Crippen LogP contribution in [0.4, 0.5) is 18.9 Å². The van der Waals surface area contributed by atoms with E-state index in [4.69, 9.17) is 11.6 Å². The molecule has 0 saturated heterocycles. The summed E-state index contributed by atoms with van der Waals surface area (Å²) in [6.45, 7) is -0.0365. The van der Waals surface area contributed by atoms with Crippen molar-refractivity contribution in [2.24, 2.45) is 0 Å². The van der Waals surface area contributed by atoms with Gasteiger partial charge in [0.05, 0.1) is 12.2 Å². The van der Waals surface area contributed by atoms with Crippen LogP contribution in [0.2, 0.25) is 5.02 Å². The third kappa shape index (κ3) is 4.71. The Hall–Kier alpha value is -2.05. The molecule has 2 aromatic rings. The van der Waals surface area contributed by atoms with Gasteiger partial charge in [0, 0.05) is 23.2 Å². The van der Waals surface area contributed by atoms with Gasteiger partial charge in [0.1, 0.15) is 17.5 Å². The van der Waals surface area contributed by atoms with E-state index in [1.54, 1.807) is 13.1 Å². The van der Waals surface area contributed by atoms with Crippen LogP contribution in [0.3, 0.4) is 0 Å². The van der Waals surface area contributed by atoms with Crippen molar-refractivity contribution in [1.82, 2.24) is 4.90 Å². The van der Waals surface area contributed by atoms with Crippen molar-refractivity contribution in [3.05, 3.63) is 64.4 Å². The van der Waals surface area contributed by atoms with Crippen molar-refractivity contribution in [3.8, 4) is 0 Å². The highest BCUT2D eigenvalue weighted by molar-refractivity contribution is 6.31. The minimum atomic E-state index is -0.737. The van der Waals surface area contributed by atoms with Gasteiger partial charge in [-0.05, 0) is 31.3 Å². The average Bonchev–Trinajstić information content (AvgIpc) is 2.47. The predicted octanol–water partition coefficient (Wildman–Crippen LogP) is 3.83. The molecule has 2 aromatic carbocycles. The van der Waals surface area contributed by atoms with Crippen LogP contribution in [-0.4, -0.2) is 24.4 Å². The number of rotatable bonds is 5. The van der Waals surface area contributed by atoms with Crippen molar-refractivity contribution < 1.29 is 18.0 Å². The van der Waals surface area contributed by atoms with Crippen LogP contribution in [0, 0.1) is 17.5 Å². The number of likely N-dealkylation sites (N-methyl/N-ethyl adjacent to an activating group) is 1. The van der Waals surface area contributed by atoms with E-state index in [9.17, 15) is 18.0 Å². The smallest absolute Gasteiger partial charge is 0.238 e. The van der Waals surface area contributed by atoms with Crippen molar-refractivity contribution in [2.45, 2.75) is 6.54 Å². The van der Waals surface area contributed by atoms with Crippen molar-refractivity contribution >= 4 is 23.2 Å². The van der Waals surface area contributed by atoms with Gasteiger partial charge in [-0.1, -0.05) is 17.7 Å². The number of hydrogen-bond donors (Lipinski definition) is 1. The van der Waals surface area contributed by atoms with Crippen molar-refractivity contribution in [1.29, 1.82) is 0 Å². The monoisotopic (exact) mass is 342 g/mol. The van der Waals surface area contributed by atoms with E-state index in [1.807, 2.05) is 0 Å². The molecule has 3 nitrogen and oxygen atoms in total. The summed E-state index contributed by atoms with van der Waals surface area (Å²) in [5, 5.41) is 2.53. The lowest BCUT2D eigenvalue weighted by Gasteiger charge is -2.17. The number of benzene rings is 2. The van der Waals surface area contributed by atoms with Gasteiger partial charge in [0.15, 0.2) is 0 Å². The molecule has 0 atom stereocenters. The van der Waals surface area contributed by atoms with Gasteiger partial charge in [-0.15, -0.1) is 0 Å². The molecule has 7 heteroatoms. The van der Waals surface area contributed by atoms with E-state index in [2.05, 4.69) is 5.32 Å². The maximum absolute atomic E-state index is 13.7. The zero-order valence-corrected chi connectivity index (χ0v) is 13.0. The summed E-state index contributed by atoms with van der Waals surface area (Å²) in [7, 11) is 1.59. The minimum absolute atomic E-state index is 0.102. The van der Waals surface area contributed by atoms with Gasteiger partial charge >= 0.3 is 0 Å². The molecule has 0 aromatic heterocycles. The molecule has 1 amide bonds. The normalized spacial score (nSPS) is 10.9. The van der Waals surface area contributed by atoms with Crippen molar-refractivity contribution in [3.63, 3.8) is 0 Å². The predicted molar refractivity (Wildman–Crippen MR) is 82.7 cm³/mol. The number of carbonyl (C=O) groups excluding carboxylic acids is 1. The van der Waals surface area contributed by atoms with E-state index in [0.29, 0.717) is 0 Å². The first-order valence-corrected chi connectivity index (χ1v) is 7.11. The number of nitrogens with one attached hydrogen (secondary N) is 1. The topological polar surface area (TPSA) is 32.3 Å². The maximum atomic E-state index is 13.7. The van der Waals surface area contributed by atoms with Crippen LogP contribution in [0.25, 0.3) is 0 Å². The zero-order valence-electron chi connectivity index (χ0n) is 12.2. The fourth-order valence-corrected chi connectivity index (χ4v) is 2.26. The molecular formula is C16H14ClF3N2O. The highest BCUT2D eigenvalue weighted by atomic mass is 35.5. The summed E-state index contributed by atoms with van der Waals surface area (Å²) in [4.78, 5) is 13.4. The number of carbonyl (C=O) groups is 1. The molecule has 0 unspecified atom stereocenters. The number of anilines is 1. The Bertz CT molecular complexity index is 704. The highest BCUT2D eigenvalue weighted by Gasteiger charge is 2.14. The summed E-state index contributed by atoms with van der Waals surface area (Å²) < 4.78 is 40.2. The SMILES string of the molecule is CN(CC(=O)Nc1cc(F)ccc1F)Cc1c(F)cccc1Cl. The van der Waals surface area contributed by atoms with E-state index in [0.717, 1.165) is 18.2 Å². The third-order valence-corrected chi connectivity index (χ3v) is 3.46. The molecule has 0 saturated carbocycles. The number of hydrogen-bond acceptors (Lipinski definition) is 2. The Morgan fingerprint density at radius 1 is 1.17 bits per heavy atom. The van der Waals surface area contributed by atoms with E-state index in [1.165, 1.54) is 17.0 Å². The first-order chi connectivity index (χ1) is 10.9. The number of halogens is 4. The van der Waals surface area contributed by atoms with Crippen LogP contribution in [0.5, 0.6) is 0 Å². The minimum Gasteiger partial charge on any atom is -0.322 e. The largest absolute Gasteiger partial charge is 0.322 e. The summed E-state index contributed by atoms with van der Waals surface area (Å²) in [5.41, 5.74) is 0.0220. The summed E-state index contributed by atoms with van der Waals surface area (Å²) >= 11 is 5.92. The quantitative estimate of drug-likeness (QED) is 0.895. The third-order valence-electron chi connectivity index (χ3n) is 3.11. The van der Waals surface area contributed by atoms with Gasteiger partial charge in [-0.25, -0.2) is 13.2 Å². The van der Waals surface area contributed by atoms with E-state index >= 15 is 0 Å². The molecule has 0 aliphatic carbocycles. The fourth-order valence-electron chi connectivity index (χ4n) is 2.04. The first kappa shape index (κ1) is 17.3. The van der Waals surface area contributed by atoms with Crippen molar-refractivity contribution in [2.75, 3.05) is 18.9 Å². The Kier molecular flexibility index (Phi) is 5.63. The molecule has 2 rings (SSSR count). The summed E-state index contributed by atoms with van der Waals surface area (Å²) in [5.74, 6) is -2.42. The molecule has 0 aliphatic rings. The lowest BCUT2D eigenvalue weighted by atomic mass is 10.2. The average molecular weight is 343 g/mol. The Balaban J connectivity index is 1.98. The van der Waals surface area contributed by atoms with Gasteiger partial charge in [0.2, 0.25) is 5.91 Å².